The first-order valence-corrected chi connectivity index (χ1v) is 4.65. The zero-order chi connectivity index (χ0) is 9.14. The van der Waals surface area contributed by atoms with Crippen molar-refractivity contribution in [2.45, 2.75) is 13.5 Å². The number of halogens is 2. The fraction of sp³-hybridized carbons (Fsp3) is 0.375. The van der Waals surface area contributed by atoms with Crippen LogP contribution >= 0.6 is 22.6 Å². The van der Waals surface area contributed by atoms with Crippen LogP contribution in [0.15, 0.2) is 17.1 Å². The molecule has 0 bridgehead atoms. The molecule has 12 heavy (non-hydrogen) atoms. The van der Waals surface area contributed by atoms with Gasteiger partial charge in [-0.05, 0) is 35.1 Å². The van der Waals surface area contributed by atoms with E-state index in [4.69, 9.17) is 0 Å². The van der Waals surface area contributed by atoms with Gasteiger partial charge >= 0.3 is 0 Å². The Morgan fingerprint density at radius 2 is 2.33 bits per heavy atom. The van der Waals surface area contributed by atoms with Gasteiger partial charge in [-0.3, -0.25) is 4.79 Å². The van der Waals surface area contributed by atoms with Gasteiger partial charge in [0.05, 0.1) is 6.54 Å². The minimum atomic E-state index is -0.501. The van der Waals surface area contributed by atoms with E-state index in [1.54, 1.807) is 6.20 Å². The van der Waals surface area contributed by atoms with Gasteiger partial charge in [-0.15, -0.1) is 0 Å². The van der Waals surface area contributed by atoms with Gasteiger partial charge in [0.2, 0.25) is 0 Å². The van der Waals surface area contributed by atoms with Crippen LogP contribution in [0.4, 0.5) is 4.39 Å². The first-order chi connectivity index (χ1) is 5.65. The molecule has 0 aliphatic heterocycles. The van der Waals surface area contributed by atoms with E-state index >= 15 is 0 Å². The summed E-state index contributed by atoms with van der Waals surface area (Å²) in [4.78, 5) is 11.2. The first-order valence-electron chi connectivity index (χ1n) is 3.57. The fourth-order valence-electron chi connectivity index (χ4n) is 0.905. The second kappa shape index (κ2) is 4.02. The lowest BCUT2D eigenvalue weighted by atomic mass is 10.3. The molecular formula is C8H9FINO. The normalized spacial score (nSPS) is 10.2. The predicted octanol–water partition coefficient (Wildman–Crippen LogP) is 1.73. The molecule has 0 atom stereocenters. The number of rotatable bonds is 2. The summed E-state index contributed by atoms with van der Waals surface area (Å²) >= 11 is 2.12. The first kappa shape index (κ1) is 9.70. The van der Waals surface area contributed by atoms with Crippen LogP contribution in [0, 0.1) is 10.5 Å². The third-order valence-corrected chi connectivity index (χ3v) is 2.72. The van der Waals surface area contributed by atoms with Crippen molar-refractivity contribution in [3.8, 4) is 0 Å². The van der Waals surface area contributed by atoms with Crippen LogP contribution in [-0.2, 0) is 6.54 Å². The average Bonchev–Trinajstić information content (AvgIpc) is 2.01. The van der Waals surface area contributed by atoms with Crippen molar-refractivity contribution in [1.29, 1.82) is 0 Å². The molecule has 0 amide bonds. The van der Waals surface area contributed by atoms with E-state index in [0.29, 0.717) is 0 Å². The lowest BCUT2D eigenvalue weighted by Crippen LogP contribution is -2.20. The van der Waals surface area contributed by atoms with Gasteiger partial charge in [0.15, 0.2) is 0 Å². The number of aromatic nitrogens is 1. The summed E-state index contributed by atoms with van der Waals surface area (Å²) in [6.07, 6.45) is 1.68. The van der Waals surface area contributed by atoms with Crippen molar-refractivity contribution < 1.29 is 4.39 Å². The SMILES string of the molecule is Cc1cc(=O)n(CCF)cc1I. The van der Waals surface area contributed by atoms with Crippen LogP contribution in [0.25, 0.3) is 0 Å². The zero-order valence-corrected chi connectivity index (χ0v) is 8.84. The molecule has 0 aromatic carbocycles. The van der Waals surface area contributed by atoms with Crippen LogP contribution in [-0.4, -0.2) is 11.2 Å². The molecule has 1 aromatic heterocycles. The Morgan fingerprint density at radius 3 is 2.92 bits per heavy atom. The molecule has 1 aromatic rings. The molecular weight excluding hydrogens is 272 g/mol. The largest absolute Gasteiger partial charge is 0.312 e. The zero-order valence-electron chi connectivity index (χ0n) is 6.68. The number of hydrogen-bond acceptors (Lipinski definition) is 1. The number of pyridine rings is 1. The molecule has 0 spiro atoms. The minimum absolute atomic E-state index is 0.134. The predicted molar refractivity (Wildman–Crippen MR) is 54.1 cm³/mol. The summed E-state index contributed by atoms with van der Waals surface area (Å²) in [5, 5.41) is 0. The highest BCUT2D eigenvalue weighted by Gasteiger charge is 1.99. The second-order valence-electron chi connectivity index (χ2n) is 2.53. The molecule has 0 unspecified atom stereocenters. The third-order valence-electron chi connectivity index (χ3n) is 1.59. The summed E-state index contributed by atoms with van der Waals surface area (Å²) < 4.78 is 14.3. The van der Waals surface area contributed by atoms with Gasteiger partial charge < -0.3 is 4.57 Å². The maximum Gasteiger partial charge on any atom is 0.250 e. The van der Waals surface area contributed by atoms with Crippen LogP contribution < -0.4 is 5.56 Å². The van der Waals surface area contributed by atoms with Gasteiger partial charge in [-0.1, -0.05) is 0 Å². The highest BCUT2D eigenvalue weighted by Crippen LogP contribution is 2.06. The summed E-state index contributed by atoms with van der Waals surface area (Å²) in [5.74, 6) is 0. The summed E-state index contributed by atoms with van der Waals surface area (Å²) in [6.45, 7) is 1.51. The van der Waals surface area contributed by atoms with E-state index in [-0.39, 0.29) is 12.1 Å². The standard InChI is InChI=1S/C8H9FINO/c1-6-4-8(12)11(3-2-9)5-7(6)10/h4-5H,2-3H2,1H3. The molecule has 0 fully saturated rings. The average molecular weight is 281 g/mol. The summed E-state index contributed by atoms with van der Waals surface area (Å²) in [5.41, 5.74) is 0.807. The number of aryl methyl sites for hydroxylation is 2. The van der Waals surface area contributed by atoms with Gasteiger partial charge in [-0.25, -0.2) is 4.39 Å². The molecule has 0 radical (unpaired) electrons. The molecule has 0 saturated heterocycles. The van der Waals surface area contributed by atoms with Crippen molar-refractivity contribution >= 4 is 22.6 Å². The van der Waals surface area contributed by atoms with Crippen molar-refractivity contribution in [2.24, 2.45) is 0 Å². The summed E-state index contributed by atoms with van der Waals surface area (Å²) in [7, 11) is 0. The Bertz CT molecular complexity index is 334. The Labute approximate surface area is 83.5 Å². The molecule has 1 rings (SSSR count). The lowest BCUT2D eigenvalue weighted by Gasteiger charge is -2.04. The van der Waals surface area contributed by atoms with Crippen molar-refractivity contribution in [3.63, 3.8) is 0 Å². The second-order valence-corrected chi connectivity index (χ2v) is 3.69. The van der Waals surface area contributed by atoms with Crippen LogP contribution in [0.2, 0.25) is 0 Å². The monoisotopic (exact) mass is 281 g/mol. The maximum atomic E-state index is 11.9. The molecule has 4 heteroatoms. The molecule has 0 saturated carbocycles. The lowest BCUT2D eigenvalue weighted by molar-refractivity contribution is 0.440. The minimum Gasteiger partial charge on any atom is -0.312 e. The van der Waals surface area contributed by atoms with E-state index in [2.05, 4.69) is 22.6 Å². The smallest absolute Gasteiger partial charge is 0.250 e. The van der Waals surface area contributed by atoms with Crippen LogP contribution in [0.1, 0.15) is 5.56 Å². The van der Waals surface area contributed by atoms with Crippen LogP contribution in [0.3, 0.4) is 0 Å². The van der Waals surface area contributed by atoms with Gasteiger partial charge in [0, 0.05) is 15.8 Å². The van der Waals surface area contributed by atoms with E-state index in [9.17, 15) is 9.18 Å². The maximum absolute atomic E-state index is 11.9. The highest BCUT2D eigenvalue weighted by molar-refractivity contribution is 14.1. The van der Waals surface area contributed by atoms with E-state index in [1.165, 1.54) is 10.6 Å². The van der Waals surface area contributed by atoms with Crippen LogP contribution in [0.5, 0.6) is 0 Å². The third kappa shape index (κ3) is 2.06. The number of alkyl halides is 1. The summed E-state index contributed by atoms with van der Waals surface area (Å²) in [6, 6.07) is 1.53. The highest BCUT2D eigenvalue weighted by atomic mass is 127. The molecule has 66 valence electrons. The molecule has 1 heterocycles. The Kier molecular flexibility index (Phi) is 3.25. The molecule has 0 aliphatic carbocycles. The van der Waals surface area contributed by atoms with Gasteiger partial charge in [0.25, 0.3) is 5.56 Å². The van der Waals surface area contributed by atoms with Gasteiger partial charge in [0.1, 0.15) is 6.67 Å². The molecule has 0 N–H and O–H groups in total. The van der Waals surface area contributed by atoms with Gasteiger partial charge in [-0.2, -0.15) is 0 Å². The molecule has 2 nitrogen and oxygen atoms in total. The van der Waals surface area contributed by atoms with E-state index in [1.807, 2.05) is 6.92 Å². The Hall–Kier alpha value is -0.390. The van der Waals surface area contributed by atoms with E-state index < -0.39 is 6.67 Å². The van der Waals surface area contributed by atoms with Crippen molar-refractivity contribution in [1.82, 2.24) is 4.57 Å². The number of nitrogens with zero attached hydrogens (tertiary/aromatic N) is 1. The Balaban J connectivity index is 3.14. The fourth-order valence-corrected chi connectivity index (χ4v) is 1.40. The van der Waals surface area contributed by atoms with Crippen molar-refractivity contribution in [2.75, 3.05) is 6.67 Å². The quantitative estimate of drug-likeness (QED) is 0.757. The number of hydrogen-bond donors (Lipinski definition) is 0. The molecule has 0 aliphatic rings. The Morgan fingerprint density at radius 1 is 1.67 bits per heavy atom. The topological polar surface area (TPSA) is 22.0 Å². The van der Waals surface area contributed by atoms with E-state index in [0.717, 1.165) is 9.13 Å². The van der Waals surface area contributed by atoms with Crippen molar-refractivity contribution in [3.05, 3.63) is 31.8 Å².